The van der Waals surface area contributed by atoms with Crippen LogP contribution in [0, 0.1) is 16.4 Å². The molecule has 1 aliphatic heterocycles. The minimum Gasteiger partial charge on any atom is -0.396 e. The molecule has 1 N–H and O–H groups in total. The smallest absolute Gasteiger partial charge is 0.0483 e. The maximum Gasteiger partial charge on any atom is 0.0483 e. The lowest BCUT2D eigenvalue weighted by atomic mass is 10.00. The van der Waals surface area contributed by atoms with Gasteiger partial charge in [-0.2, -0.15) is 0 Å². The van der Waals surface area contributed by atoms with Crippen molar-refractivity contribution in [3.8, 4) is 0 Å². The summed E-state index contributed by atoms with van der Waals surface area (Å²) < 4.78 is 1.38. The van der Waals surface area contributed by atoms with Gasteiger partial charge in [-0.1, -0.05) is 18.2 Å². The average Bonchev–Trinajstić information content (AvgIpc) is 2.17. The molecule has 0 spiro atoms. The summed E-state index contributed by atoms with van der Waals surface area (Å²) in [5.41, 5.74) is 2.76. The lowest BCUT2D eigenvalue weighted by molar-refractivity contribution is 0.0477. The van der Waals surface area contributed by atoms with Gasteiger partial charge in [0.2, 0.25) is 0 Å². The Kier molecular flexibility index (Phi) is 3.64. The average molecular weight is 317 g/mol. The summed E-state index contributed by atoms with van der Waals surface area (Å²) >= 11 is 2.42. The monoisotopic (exact) mass is 317 g/mol. The summed E-state index contributed by atoms with van der Waals surface area (Å²) in [5, 5.41) is 8.94. The highest BCUT2D eigenvalue weighted by Crippen LogP contribution is 2.22. The lowest BCUT2D eigenvalue weighted by Gasteiger charge is -2.38. The molecule has 0 aliphatic carbocycles. The third-order valence-corrected chi connectivity index (χ3v) is 4.50. The van der Waals surface area contributed by atoms with Gasteiger partial charge >= 0.3 is 0 Å². The number of hydrogen-bond acceptors (Lipinski definition) is 2. The molecule has 1 fully saturated rings. The largest absolute Gasteiger partial charge is 0.396 e. The summed E-state index contributed by atoms with van der Waals surface area (Å²) in [4.78, 5) is 2.39. The highest BCUT2D eigenvalue weighted by molar-refractivity contribution is 14.1. The van der Waals surface area contributed by atoms with Gasteiger partial charge in [-0.25, -0.2) is 0 Å². The van der Waals surface area contributed by atoms with E-state index in [9.17, 15) is 0 Å². The summed E-state index contributed by atoms with van der Waals surface area (Å²) in [6.07, 6.45) is 0. The maximum atomic E-state index is 8.94. The van der Waals surface area contributed by atoms with E-state index in [4.69, 9.17) is 5.11 Å². The Morgan fingerprint density at radius 2 is 2.20 bits per heavy atom. The van der Waals surface area contributed by atoms with Crippen LogP contribution in [-0.2, 0) is 6.54 Å². The molecule has 1 aromatic carbocycles. The van der Waals surface area contributed by atoms with Crippen LogP contribution in [0.2, 0.25) is 0 Å². The highest BCUT2D eigenvalue weighted by atomic mass is 127. The Labute approximate surface area is 104 Å². The first kappa shape index (κ1) is 11.4. The van der Waals surface area contributed by atoms with E-state index < -0.39 is 0 Å². The van der Waals surface area contributed by atoms with E-state index in [1.165, 1.54) is 14.7 Å². The Morgan fingerprint density at radius 3 is 2.87 bits per heavy atom. The number of aliphatic hydroxyl groups excluding tert-OH is 1. The second kappa shape index (κ2) is 4.80. The van der Waals surface area contributed by atoms with Gasteiger partial charge < -0.3 is 5.11 Å². The summed E-state index contributed by atoms with van der Waals surface area (Å²) in [6, 6.07) is 6.47. The minimum atomic E-state index is 0.335. The van der Waals surface area contributed by atoms with Crippen molar-refractivity contribution >= 4 is 22.6 Å². The molecule has 82 valence electrons. The van der Waals surface area contributed by atoms with Crippen LogP contribution in [0.4, 0.5) is 0 Å². The Morgan fingerprint density at radius 1 is 1.47 bits per heavy atom. The number of nitrogens with zero attached hydrogens (tertiary/aromatic N) is 1. The second-order valence-corrected chi connectivity index (χ2v) is 5.37. The number of likely N-dealkylation sites (tertiary alicyclic amines) is 1. The van der Waals surface area contributed by atoms with E-state index >= 15 is 0 Å². The zero-order valence-corrected chi connectivity index (χ0v) is 11.1. The Balaban J connectivity index is 1.97. The van der Waals surface area contributed by atoms with Crippen LogP contribution in [0.15, 0.2) is 18.2 Å². The third kappa shape index (κ3) is 2.52. The molecule has 2 nitrogen and oxygen atoms in total. The number of benzene rings is 1. The first-order valence-corrected chi connectivity index (χ1v) is 6.35. The van der Waals surface area contributed by atoms with Gasteiger partial charge in [0.1, 0.15) is 0 Å². The van der Waals surface area contributed by atoms with Crippen LogP contribution >= 0.6 is 22.6 Å². The molecule has 0 atom stereocenters. The molecule has 1 aromatic rings. The van der Waals surface area contributed by atoms with E-state index in [1.807, 2.05) is 0 Å². The van der Waals surface area contributed by atoms with Crippen LogP contribution in [0.25, 0.3) is 0 Å². The van der Waals surface area contributed by atoms with Gasteiger partial charge in [0.15, 0.2) is 0 Å². The highest BCUT2D eigenvalue weighted by Gasteiger charge is 2.25. The first-order chi connectivity index (χ1) is 7.20. The molecule has 1 heterocycles. The standard InChI is InChI=1S/C12H16INO/c1-9-3-2-4-11(12(9)13)7-14-5-10(6-14)8-15/h2-4,10,15H,5-8H2,1H3. The van der Waals surface area contributed by atoms with E-state index in [-0.39, 0.29) is 0 Å². The van der Waals surface area contributed by atoms with Crippen molar-refractivity contribution in [2.75, 3.05) is 19.7 Å². The van der Waals surface area contributed by atoms with Crippen molar-refractivity contribution in [1.82, 2.24) is 4.90 Å². The van der Waals surface area contributed by atoms with E-state index in [2.05, 4.69) is 52.6 Å². The Bertz CT molecular complexity index is 347. The van der Waals surface area contributed by atoms with E-state index in [0.717, 1.165) is 19.6 Å². The van der Waals surface area contributed by atoms with E-state index in [0.29, 0.717) is 12.5 Å². The van der Waals surface area contributed by atoms with Crippen molar-refractivity contribution in [2.45, 2.75) is 13.5 Å². The zero-order chi connectivity index (χ0) is 10.8. The molecular formula is C12H16INO. The maximum absolute atomic E-state index is 8.94. The summed E-state index contributed by atoms with van der Waals surface area (Å²) in [7, 11) is 0. The first-order valence-electron chi connectivity index (χ1n) is 5.28. The van der Waals surface area contributed by atoms with Crippen molar-refractivity contribution in [3.63, 3.8) is 0 Å². The zero-order valence-electron chi connectivity index (χ0n) is 8.91. The van der Waals surface area contributed by atoms with Crippen molar-refractivity contribution in [1.29, 1.82) is 0 Å². The molecule has 0 bridgehead atoms. The molecule has 3 heteroatoms. The minimum absolute atomic E-state index is 0.335. The number of halogens is 1. The van der Waals surface area contributed by atoms with Gasteiger partial charge in [0.25, 0.3) is 0 Å². The molecule has 0 saturated carbocycles. The molecule has 0 radical (unpaired) electrons. The predicted molar refractivity (Wildman–Crippen MR) is 69.7 cm³/mol. The molecular weight excluding hydrogens is 301 g/mol. The molecule has 1 aliphatic rings. The van der Waals surface area contributed by atoms with E-state index in [1.54, 1.807) is 0 Å². The van der Waals surface area contributed by atoms with Crippen LogP contribution in [-0.4, -0.2) is 29.7 Å². The quantitative estimate of drug-likeness (QED) is 0.862. The molecule has 2 rings (SSSR count). The normalized spacial score (nSPS) is 17.8. The third-order valence-electron chi connectivity index (χ3n) is 2.96. The van der Waals surface area contributed by atoms with Crippen LogP contribution in [0.1, 0.15) is 11.1 Å². The van der Waals surface area contributed by atoms with Crippen LogP contribution < -0.4 is 0 Å². The van der Waals surface area contributed by atoms with Gasteiger partial charge in [0.05, 0.1) is 0 Å². The lowest BCUT2D eigenvalue weighted by Crippen LogP contribution is -2.47. The number of aryl methyl sites for hydroxylation is 1. The number of rotatable bonds is 3. The fourth-order valence-corrected chi connectivity index (χ4v) is 2.52. The fraction of sp³-hybridized carbons (Fsp3) is 0.500. The summed E-state index contributed by atoms with van der Waals surface area (Å²) in [6.45, 7) is 5.59. The fourth-order valence-electron chi connectivity index (χ4n) is 1.99. The topological polar surface area (TPSA) is 23.5 Å². The van der Waals surface area contributed by atoms with Crippen LogP contribution in [0.5, 0.6) is 0 Å². The van der Waals surface area contributed by atoms with Crippen molar-refractivity contribution < 1.29 is 5.11 Å². The van der Waals surface area contributed by atoms with Crippen molar-refractivity contribution in [3.05, 3.63) is 32.9 Å². The van der Waals surface area contributed by atoms with Gasteiger partial charge in [-0.15, -0.1) is 0 Å². The van der Waals surface area contributed by atoms with Crippen LogP contribution in [0.3, 0.4) is 0 Å². The molecule has 0 unspecified atom stereocenters. The molecule has 1 saturated heterocycles. The Hall–Kier alpha value is -0.130. The van der Waals surface area contributed by atoms with Gasteiger partial charge in [0, 0.05) is 35.7 Å². The predicted octanol–water partition coefficient (Wildman–Crippen LogP) is 2.02. The second-order valence-electron chi connectivity index (χ2n) is 4.29. The summed E-state index contributed by atoms with van der Waals surface area (Å²) in [5.74, 6) is 0.507. The molecule has 15 heavy (non-hydrogen) atoms. The SMILES string of the molecule is Cc1cccc(CN2CC(CO)C2)c1I. The number of aliphatic hydroxyl groups is 1. The number of hydrogen-bond donors (Lipinski definition) is 1. The van der Waals surface area contributed by atoms with Gasteiger partial charge in [-0.05, 0) is 40.6 Å². The van der Waals surface area contributed by atoms with Crippen molar-refractivity contribution in [2.24, 2.45) is 5.92 Å². The molecule has 0 aromatic heterocycles. The van der Waals surface area contributed by atoms with Gasteiger partial charge in [-0.3, -0.25) is 4.90 Å². The molecule has 0 amide bonds.